The van der Waals surface area contributed by atoms with Crippen molar-refractivity contribution in [2.45, 2.75) is 45.7 Å². The van der Waals surface area contributed by atoms with E-state index in [1.807, 2.05) is 19.9 Å². The van der Waals surface area contributed by atoms with E-state index in [0.29, 0.717) is 45.3 Å². The van der Waals surface area contributed by atoms with Gasteiger partial charge in [-0.3, -0.25) is 14.5 Å². The number of hydrogen-bond acceptors (Lipinski definition) is 3. The molecular weight excluding hydrogens is 359 g/mol. The lowest BCUT2D eigenvalue weighted by atomic mass is 9.97. The minimum absolute atomic E-state index is 0.0341. The number of halogens is 3. The number of amides is 2. The molecule has 0 aliphatic carbocycles. The van der Waals surface area contributed by atoms with Gasteiger partial charge in [0, 0.05) is 26.1 Å². The van der Waals surface area contributed by atoms with E-state index in [1.54, 1.807) is 12.2 Å². The average molecular weight is 389 g/mol. The molecule has 27 heavy (non-hydrogen) atoms. The Morgan fingerprint density at radius 2 is 1.81 bits per heavy atom. The van der Waals surface area contributed by atoms with Crippen LogP contribution in [0.4, 0.5) is 13.2 Å². The fourth-order valence-corrected chi connectivity index (χ4v) is 2.89. The maximum atomic E-state index is 12.5. The number of nitrogens with one attached hydrogen (secondary N) is 2. The highest BCUT2D eigenvalue weighted by Crippen LogP contribution is 2.22. The Labute approximate surface area is 159 Å². The van der Waals surface area contributed by atoms with Crippen molar-refractivity contribution in [3.63, 3.8) is 0 Å². The molecule has 1 unspecified atom stereocenters. The maximum Gasteiger partial charge on any atom is 0.401 e. The number of hydrogen-bond donors (Lipinski definition) is 2. The van der Waals surface area contributed by atoms with Gasteiger partial charge in [-0.1, -0.05) is 23.8 Å². The lowest BCUT2D eigenvalue weighted by Gasteiger charge is -2.32. The van der Waals surface area contributed by atoms with E-state index >= 15 is 0 Å². The third kappa shape index (κ3) is 11.5. The highest BCUT2D eigenvalue weighted by atomic mass is 19.4. The molecular formula is C19H30F3N3O2. The second kappa shape index (κ2) is 11.8. The number of carbonyl (C=O) groups is 2. The first-order chi connectivity index (χ1) is 12.7. The molecule has 0 aromatic heterocycles. The summed E-state index contributed by atoms with van der Waals surface area (Å²) in [7, 11) is 0. The number of alkyl halides is 3. The number of likely N-dealkylation sites (tertiary alicyclic amines) is 1. The van der Waals surface area contributed by atoms with Crippen LogP contribution in [0, 0.1) is 5.92 Å². The van der Waals surface area contributed by atoms with E-state index in [1.165, 1.54) is 10.5 Å². The van der Waals surface area contributed by atoms with Crippen molar-refractivity contribution in [1.29, 1.82) is 0 Å². The van der Waals surface area contributed by atoms with Crippen LogP contribution >= 0.6 is 0 Å². The van der Waals surface area contributed by atoms with Crippen LogP contribution in [0.3, 0.4) is 0 Å². The normalized spacial score (nSPS) is 18.3. The largest absolute Gasteiger partial charge is 0.401 e. The molecule has 2 amide bonds. The summed E-state index contributed by atoms with van der Waals surface area (Å²) in [4.78, 5) is 25.0. The molecule has 1 aliphatic rings. The average Bonchev–Trinajstić information content (AvgIpc) is 2.56. The van der Waals surface area contributed by atoms with Crippen molar-refractivity contribution < 1.29 is 22.8 Å². The van der Waals surface area contributed by atoms with Gasteiger partial charge in [-0.05, 0) is 39.7 Å². The fraction of sp³-hybridized carbons (Fsp3) is 0.684. The van der Waals surface area contributed by atoms with Crippen LogP contribution in [-0.4, -0.2) is 55.6 Å². The summed E-state index contributed by atoms with van der Waals surface area (Å²) in [5.41, 5.74) is 1.18. The summed E-state index contributed by atoms with van der Waals surface area (Å²) >= 11 is 0. The molecule has 1 rings (SSSR count). The van der Waals surface area contributed by atoms with E-state index < -0.39 is 18.6 Å². The monoisotopic (exact) mass is 389 g/mol. The number of piperidine rings is 1. The first kappa shape index (κ1) is 23.2. The molecule has 0 aromatic rings. The quantitative estimate of drug-likeness (QED) is 0.596. The van der Waals surface area contributed by atoms with Crippen molar-refractivity contribution in [3.8, 4) is 0 Å². The SMILES string of the molecule is CC(C)=CCCC(=O)NC/C=C\CNC(=O)C1CCCN(CC(F)(F)F)C1. The summed E-state index contributed by atoms with van der Waals surface area (Å²) in [6.45, 7) is 4.18. The summed E-state index contributed by atoms with van der Waals surface area (Å²) < 4.78 is 37.4. The van der Waals surface area contributed by atoms with E-state index in [0.717, 1.165) is 0 Å². The number of nitrogens with zero attached hydrogens (tertiary/aromatic N) is 1. The molecule has 1 saturated heterocycles. The lowest BCUT2D eigenvalue weighted by Crippen LogP contribution is -2.46. The zero-order valence-electron chi connectivity index (χ0n) is 16.1. The Kier molecular flexibility index (Phi) is 10.1. The lowest BCUT2D eigenvalue weighted by molar-refractivity contribution is -0.152. The summed E-state index contributed by atoms with van der Waals surface area (Å²) in [5.74, 6) is -0.672. The second-order valence-corrected chi connectivity index (χ2v) is 7.03. The molecule has 0 radical (unpaired) electrons. The van der Waals surface area contributed by atoms with Crippen LogP contribution in [0.25, 0.3) is 0 Å². The second-order valence-electron chi connectivity index (χ2n) is 7.03. The van der Waals surface area contributed by atoms with Crippen LogP contribution in [0.2, 0.25) is 0 Å². The molecule has 0 spiro atoms. The number of rotatable bonds is 9. The van der Waals surface area contributed by atoms with Gasteiger partial charge in [0.1, 0.15) is 0 Å². The zero-order valence-corrected chi connectivity index (χ0v) is 16.1. The van der Waals surface area contributed by atoms with Crippen molar-refractivity contribution in [2.75, 3.05) is 32.7 Å². The number of carbonyl (C=O) groups excluding carboxylic acids is 2. The molecule has 2 N–H and O–H groups in total. The van der Waals surface area contributed by atoms with Gasteiger partial charge in [-0.15, -0.1) is 0 Å². The van der Waals surface area contributed by atoms with Crippen LogP contribution in [0.5, 0.6) is 0 Å². The molecule has 5 nitrogen and oxygen atoms in total. The Balaban J connectivity index is 2.19. The molecule has 0 saturated carbocycles. The van der Waals surface area contributed by atoms with Crippen LogP contribution in [0.1, 0.15) is 39.5 Å². The first-order valence-corrected chi connectivity index (χ1v) is 9.29. The highest BCUT2D eigenvalue weighted by Gasteiger charge is 2.34. The molecule has 1 aliphatic heterocycles. The van der Waals surface area contributed by atoms with Gasteiger partial charge < -0.3 is 10.6 Å². The Bertz CT molecular complexity index is 541. The summed E-state index contributed by atoms with van der Waals surface area (Å²) in [6, 6.07) is 0. The molecule has 0 aromatic carbocycles. The zero-order chi connectivity index (χ0) is 20.3. The summed E-state index contributed by atoms with van der Waals surface area (Å²) in [6.07, 6.45) is 3.57. The predicted molar refractivity (Wildman–Crippen MR) is 99.0 cm³/mol. The highest BCUT2D eigenvalue weighted by molar-refractivity contribution is 5.79. The van der Waals surface area contributed by atoms with Crippen LogP contribution < -0.4 is 10.6 Å². The molecule has 0 bridgehead atoms. The Hall–Kier alpha value is -1.83. The van der Waals surface area contributed by atoms with Crippen LogP contribution in [0.15, 0.2) is 23.8 Å². The molecule has 1 heterocycles. The minimum atomic E-state index is -4.24. The van der Waals surface area contributed by atoms with Gasteiger partial charge in [0.15, 0.2) is 0 Å². The van der Waals surface area contributed by atoms with Crippen molar-refractivity contribution in [2.24, 2.45) is 5.92 Å². The van der Waals surface area contributed by atoms with Crippen LogP contribution in [-0.2, 0) is 9.59 Å². The van der Waals surface area contributed by atoms with E-state index in [4.69, 9.17) is 0 Å². The molecule has 1 atom stereocenters. The minimum Gasteiger partial charge on any atom is -0.353 e. The van der Waals surface area contributed by atoms with Crippen molar-refractivity contribution in [3.05, 3.63) is 23.8 Å². The standard InChI is InChI=1S/C19H30F3N3O2/c1-15(2)7-5-9-17(26)23-10-3-4-11-24-18(27)16-8-6-12-25(13-16)14-19(20,21)22/h3-4,7,16H,5-6,8-14H2,1-2H3,(H,23,26)(H,24,27)/b4-3-. The number of allylic oxidation sites excluding steroid dienone is 2. The van der Waals surface area contributed by atoms with Gasteiger partial charge in [-0.25, -0.2) is 0 Å². The van der Waals surface area contributed by atoms with Gasteiger partial charge >= 0.3 is 6.18 Å². The van der Waals surface area contributed by atoms with Gasteiger partial charge in [0.25, 0.3) is 0 Å². The van der Waals surface area contributed by atoms with Crippen molar-refractivity contribution >= 4 is 11.8 Å². The smallest absolute Gasteiger partial charge is 0.353 e. The predicted octanol–water partition coefficient (Wildman–Crippen LogP) is 2.80. The van der Waals surface area contributed by atoms with Gasteiger partial charge in [0.2, 0.25) is 11.8 Å². The Morgan fingerprint density at radius 1 is 1.15 bits per heavy atom. The first-order valence-electron chi connectivity index (χ1n) is 9.29. The molecule has 8 heteroatoms. The van der Waals surface area contributed by atoms with E-state index in [2.05, 4.69) is 10.6 Å². The molecule has 154 valence electrons. The van der Waals surface area contributed by atoms with Gasteiger partial charge in [-0.2, -0.15) is 13.2 Å². The third-order valence-corrected chi connectivity index (χ3v) is 4.18. The fourth-order valence-electron chi connectivity index (χ4n) is 2.89. The van der Waals surface area contributed by atoms with Gasteiger partial charge in [0.05, 0.1) is 12.5 Å². The van der Waals surface area contributed by atoms with Crippen molar-refractivity contribution in [1.82, 2.24) is 15.5 Å². The topological polar surface area (TPSA) is 61.4 Å². The third-order valence-electron chi connectivity index (χ3n) is 4.18. The molecule has 1 fully saturated rings. The summed E-state index contributed by atoms with van der Waals surface area (Å²) in [5, 5.41) is 5.47. The van der Waals surface area contributed by atoms with E-state index in [-0.39, 0.29) is 18.4 Å². The maximum absolute atomic E-state index is 12.5. The Morgan fingerprint density at radius 3 is 2.44 bits per heavy atom. The van der Waals surface area contributed by atoms with E-state index in [9.17, 15) is 22.8 Å².